The Balaban J connectivity index is 1.15. The van der Waals surface area contributed by atoms with E-state index in [1.807, 2.05) is 66.7 Å². The number of carbonyl (C=O) groups excluding carboxylic acids is 5. The molecule has 4 N–H and O–H groups in total. The van der Waals surface area contributed by atoms with Crippen molar-refractivity contribution >= 4 is 80.4 Å². The second-order valence-electron chi connectivity index (χ2n) is 13.2. The summed E-state index contributed by atoms with van der Waals surface area (Å²) in [6, 6.07) is 32.7. The van der Waals surface area contributed by atoms with Gasteiger partial charge in [0.15, 0.2) is 0 Å². The normalized spacial score (nSPS) is 13.0. The molecule has 1 aliphatic rings. The number of esters is 1. The summed E-state index contributed by atoms with van der Waals surface area (Å²) in [7, 11) is 0. The summed E-state index contributed by atoms with van der Waals surface area (Å²) in [5.74, 6) is -1.92. The Morgan fingerprint density at radius 3 is 2.40 bits per heavy atom. The highest BCUT2D eigenvalue weighted by Crippen LogP contribution is 2.41. The zero-order chi connectivity index (χ0) is 39.9. The van der Waals surface area contributed by atoms with E-state index in [4.69, 9.17) is 4.74 Å². The number of carbonyl (C=O) groups is 5. The van der Waals surface area contributed by atoms with Gasteiger partial charge in [0, 0.05) is 57.2 Å². The van der Waals surface area contributed by atoms with Gasteiger partial charge in [-0.3, -0.25) is 19.2 Å². The van der Waals surface area contributed by atoms with Crippen molar-refractivity contribution in [3.05, 3.63) is 154 Å². The quantitative estimate of drug-likeness (QED) is 0.0554. The molecule has 11 nitrogen and oxygen atoms in total. The minimum Gasteiger partial charge on any atom is -0.462 e. The first kappa shape index (κ1) is 38.8. The van der Waals surface area contributed by atoms with Gasteiger partial charge in [0.05, 0.1) is 18.7 Å². The molecular weight excluding hydrogens is 759 g/mol. The topological polar surface area (TPSA) is 150 Å². The standard InChI is InChI=1S/C44H39N5O6S2/c1-3-55-44(54)38-34-21-22-49(27(2)50)26-37(34)57-43(38)48-42(53)39(28-13-6-4-7-14-28)56-32-18-12-17-31(24-32)46-41(52)36(47-40(51)29-15-8-5-9-16-29)23-30-25-45-35-20-11-10-19-33(30)35/h4-20,23-25,39,45H,3,21-22,26H2,1-2H3,(H,46,52)(H,47,51)(H,48,53)/b36-23-. The molecule has 1 aliphatic heterocycles. The minimum absolute atomic E-state index is 0.0377. The van der Waals surface area contributed by atoms with Crippen LogP contribution in [-0.2, 0) is 32.1 Å². The van der Waals surface area contributed by atoms with E-state index >= 15 is 0 Å². The van der Waals surface area contributed by atoms with E-state index < -0.39 is 23.0 Å². The van der Waals surface area contributed by atoms with Crippen molar-refractivity contribution in [3.63, 3.8) is 0 Å². The van der Waals surface area contributed by atoms with Crippen LogP contribution < -0.4 is 16.0 Å². The number of nitrogens with one attached hydrogen (secondary N) is 4. The number of rotatable bonds is 12. The molecule has 0 fully saturated rings. The predicted molar refractivity (Wildman–Crippen MR) is 224 cm³/mol. The number of fused-ring (bicyclic) bond motifs is 2. The van der Waals surface area contributed by atoms with Crippen LogP contribution in [0, 0.1) is 0 Å². The molecule has 0 spiro atoms. The van der Waals surface area contributed by atoms with Gasteiger partial charge in [-0.15, -0.1) is 23.1 Å². The summed E-state index contributed by atoms with van der Waals surface area (Å²) < 4.78 is 5.41. The van der Waals surface area contributed by atoms with Gasteiger partial charge in [0.1, 0.15) is 15.9 Å². The summed E-state index contributed by atoms with van der Waals surface area (Å²) in [5, 5.41) is 9.26. The first-order valence-corrected chi connectivity index (χ1v) is 20.0. The summed E-state index contributed by atoms with van der Waals surface area (Å²) in [6.45, 7) is 4.23. The molecular formula is C44H39N5O6S2. The van der Waals surface area contributed by atoms with Crippen molar-refractivity contribution in [2.75, 3.05) is 23.8 Å². The molecule has 0 saturated carbocycles. The fourth-order valence-corrected chi connectivity index (χ4v) is 8.89. The lowest BCUT2D eigenvalue weighted by Crippen LogP contribution is -2.34. The molecule has 0 radical (unpaired) electrons. The second-order valence-corrected chi connectivity index (χ2v) is 15.5. The molecule has 13 heteroatoms. The molecule has 4 amide bonds. The summed E-state index contributed by atoms with van der Waals surface area (Å²) >= 11 is 2.56. The summed E-state index contributed by atoms with van der Waals surface area (Å²) in [6.07, 6.45) is 3.88. The molecule has 2 aromatic heterocycles. The number of thiophene rings is 1. The maximum atomic E-state index is 14.3. The van der Waals surface area contributed by atoms with E-state index in [9.17, 15) is 24.0 Å². The van der Waals surface area contributed by atoms with Gasteiger partial charge in [0.25, 0.3) is 11.8 Å². The molecule has 0 saturated heterocycles. The average Bonchev–Trinajstić information content (AvgIpc) is 3.80. The fraction of sp³-hybridized carbons (Fsp3) is 0.159. The average molecular weight is 798 g/mol. The largest absolute Gasteiger partial charge is 0.462 e. The highest BCUT2D eigenvalue weighted by atomic mass is 32.2. The molecule has 0 aliphatic carbocycles. The van der Waals surface area contributed by atoms with E-state index in [1.165, 1.54) is 30.0 Å². The predicted octanol–water partition coefficient (Wildman–Crippen LogP) is 8.19. The lowest BCUT2D eigenvalue weighted by Gasteiger charge is -2.25. The Morgan fingerprint density at radius 2 is 1.65 bits per heavy atom. The van der Waals surface area contributed by atoms with Crippen LogP contribution in [-0.4, -0.2) is 52.6 Å². The zero-order valence-corrected chi connectivity index (χ0v) is 32.8. The van der Waals surface area contributed by atoms with E-state index in [-0.39, 0.29) is 24.1 Å². The van der Waals surface area contributed by atoms with Crippen LogP contribution in [0.4, 0.5) is 10.7 Å². The zero-order valence-electron chi connectivity index (χ0n) is 31.2. The number of hydrogen-bond donors (Lipinski definition) is 4. The van der Waals surface area contributed by atoms with E-state index in [0.29, 0.717) is 46.2 Å². The highest BCUT2D eigenvalue weighted by Gasteiger charge is 2.32. The number of aromatic nitrogens is 1. The fourth-order valence-electron chi connectivity index (χ4n) is 6.55. The Morgan fingerprint density at radius 1 is 0.912 bits per heavy atom. The third kappa shape index (κ3) is 9.01. The van der Waals surface area contributed by atoms with E-state index in [2.05, 4.69) is 20.9 Å². The molecule has 288 valence electrons. The van der Waals surface area contributed by atoms with Crippen LogP contribution in [0.15, 0.2) is 126 Å². The Bertz CT molecular complexity index is 2490. The van der Waals surface area contributed by atoms with Crippen molar-refractivity contribution in [3.8, 4) is 0 Å². The number of ether oxygens (including phenoxy) is 1. The first-order chi connectivity index (χ1) is 27.7. The molecule has 6 aromatic rings. The molecule has 4 aromatic carbocycles. The van der Waals surface area contributed by atoms with E-state index in [1.54, 1.807) is 66.6 Å². The van der Waals surface area contributed by atoms with Crippen molar-refractivity contribution in [2.45, 2.75) is 37.0 Å². The number of nitrogens with zero attached hydrogens (tertiary/aromatic N) is 1. The monoisotopic (exact) mass is 797 g/mol. The molecule has 1 atom stereocenters. The number of thioether (sulfide) groups is 1. The van der Waals surface area contributed by atoms with Crippen molar-refractivity contribution in [1.82, 2.24) is 15.2 Å². The van der Waals surface area contributed by atoms with Crippen molar-refractivity contribution < 1.29 is 28.7 Å². The molecule has 0 bridgehead atoms. The van der Waals surface area contributed by atoms with Crippen LogP contribution in [0.3, 0.4) is 0 Å². The number of para-hydroxylation sites is 1. The molecule has 1 unspecified atom stereocenters. The first-order valence-electron chi connectivity index (χ1n) is 18.3. The summed E-state index contributed by atoms with van der Waals surface area (Å²) in [5.41, 5.74) is 4.33. The van der Waals surface area contributed by atoms with Gasteiger partial charge in [-0.05, 0) is 66.9 Å². The smallest absolute Gasteiger partial charge is 0.341 e. The van der Waals surface area contributed by atoms with Crippen LogP contribution in [0.2, 0.25) is 0 Å². The maximum absolute atomic E-state index is 14.3. The Kier molecular flexibility index (Phi) is 12.0. The van der Waals surface area contributed by atoms with Gasteiger partial charge in [0.2, 0.25) is 11.8 Å². The SMILES string of the molecule is CCOC(=O)c1c(NC(=O)C(Sc2cccc(NC(=O)/C(=C/c3c[nH]c4ccccc34)NC(=O)c3ccccc3)c2)c2ccccc2)sc2c1CCN(C(C)=O)C2. The molecule has 3 heterocycles. The van der Waals surface area contributed by atoms with Gasteiger partial charge in [-0.25, -0.2) is 4.79 Å². The lowest BCUT2D eigenvalue weighted by molar-refractivity contribution is -0.129. The third-order valence-corrected chi connectivity index (χ3v) is 11.7. The number of benzene rings is 4. The molecule has 57 heavy (non-hydrogen) atoms. The number of aromatic amines is 1. The second kappa shape index (κ2) is 17.6. The van der Waals surface area contributed by atoms with Crippen LogP contribution >= 0.6 is 23.1 Å². The molecule has 7 rings (SSSR count). The lowest BCUT2D eigenvalue weighted by atomic mass is 10.0. The number of H-pyrrole nitrogens is 1. The third-order valence-electron chi connectivity index (χ3n) is 9.35. The number of hydrogen-bond acceptors (Lipinski definition) is 8. The highest BCUT2D eigenvalue weighted by molar-refractivity contribution is 8.00. The van der Waals surface area contributed by atoms with Crippen LogP contribution in [0.1, 0.15) is 61.4 Å². The van der Waals surface area contributed by atoms with Crippen molar-refractivity contribution in [1.29, 1.82) is 0 Å². The van der Waals surface area contributed by atoms with Gasteiger partial charge in [-0.1, -0.05) is 72.8 Å². The van der Waals surface area contributed by atoms with Crippen LogP contribution in [0.25, 0.3) is 17.0 Å². The summed E-state index contributed by atoms with van der Waals surface area (Å²) in [4.78, 5) is 73.4. The number of amides is 4. The Labute approximate surface area is 337 Å². The van der Waals surface area contributed by atoms with Crippen molar-refractivity contribution in [2.24, 2.45) is 0 Å². The minimum atomic E-state index is -0.762. The van der Waals surface area contributed by atoms with Gasteiger partial charge < -0.3 is 30.6 Å². The Hall–Kier alpha value is -6.44. The van der Waals surface area contributed by atoms with Gasteiger partial charge in [-0.2, -0.15) is 0 Å². The van der Waals surface area contributed by atoms with Gasteiger partial charge >= 0.3 is 5.97 Å². The van der Waals surface area contributed by atoms with E-state index in [0.717, 1.165) is 32.5 Å². The number of anilines is 2. The maximum Gasteiger partial charge on any atom is 0.341 e. The van der Waals surface area contributed by atoms with Crippen LogP contribution in [0.5, 0.6) is 0 Å².